The van der Waals surface area contributed by atoms with Crippen molar-refractivity contribution >= 4 is 83.7 Å². The second-order valence-electron chi connectivity index (χ2n) is 19.6. The Morgan fingerprint density at radius 3 is 1.45 bits per heavy atom. The van der Waals surface area contributed by atoms with Gasteiger partial charge in [-0.05, 0) is 117 Å². The number of Topliss-reactive ketones (excluding diaryl/α,β-unsaturated/α-hetero) is 1. The van der Waals surface area contributed by atoms with Crippen molar-refractivity contribution in [3.05, 3.63) is 197 Å². The molecule has 0 radical (unpaired) electrons. The van der Waals surface area contributed by atoms with Crippen molar-refractivity contribution < 1.29 is 54.6 Å². The van der Waals surface area contributed by atoms with Gasteiger partial charge in [-0.2, -0.15) is 0 Å². The molecule has 2 amide bonds. The number of hydrogen-bond acceptors (Lipinski definition) is 12. The Balaban J connectivity index is 0.000000188. The van der Waals surface area contributed by atoms with Crippen LogP contribution in [0.15, 0.2) is 109 Å². The molecule has 3 atom stereocenters. The molecule has 0 saturated carbocycles. The summed E-state index contributed by atoms with van der Waals surface area (Å²) in [5, 5.41) is 13.3. The minimum absolute atomic E-state index is 0.0112. The van der Waals surface area contributed by atoms with E-state index < -0.39 is 72.0 Å². The van der Waals surface area contributed by atoms with Crippen molar-refractivity contribution in [2.45, 2.75) is 62.7 Å². The fourth-order valence-corrected chi connectivity index (χ4v) is 14.4. The molecule has 1 unspecified atom stereocenters. The second kappa shape index (κ2) is 21.7. The van der Waals surface area contributed by atoms with E-state index >= 15 is 8.78 Å². The fourth-order valence-electron chi connectivity index (χ4n) is 10.9. The van der Waals surface area contributed by atoms with Crippen molar-refractivity contribution in [3.63, 3.8) is 0 Å². The van der Waals surface area contributed by atoms with Crippen molar-refractivity contribution in [2.24, 2.45) is 11.8 Å². The molecule has 22 heteroatoms. The Labute approximate surface area is 464 Å². The van der Waals surface area contributed by atoms with Crippen LogP contribution in [0.4, 0.5) is 8.78 Å². The van der Waals surface area contributed by atoms with E-state index in [1.807, 2.05) is 0 Å². The largest absolute Gasteiger partial charge is 0.385 e. The molecule has 4 aliphatic rings. The summed E-state index contributed by atoms with van der Waals surface area (Å²) < 4.78 is 91.8. The predicted molar refractivity (Wildman–Crippen MR) is 286 cm³/mol. The number of hydrogen-bond donors (Lipinski definition) is 1. The summed E-state index contributed by atoms with van der Waals surface area (Å²) in [5.74, 6) is -4.25. The Kier molecular flexibility index (Phi) is 15.9. The average Bonchev–Trinajstić information content (AvgIpc) is 3.97. The highest BCUT2D eigenvalue weighted by Crippen LogP contribution is 2.50. The van der Waals surface area contributed by atoms with Gasteiger partial charge < -0.3 is 14.6 Å². The standard InChI is InChI=1S/C28H27Cl2FN2O5S.C27H23Cl2FN2O5S/c1-27(35,17-9-11-39(36,37)12-10-17)19-13-23-25(24(31)14-19)28(38-2,18-3-5-20(29)6-4-18)33(26(23)34)16-22-8-7-21(30)15-32-22;1-37-27(18-2-4-19(28)5-3-18)24-22(26(34)32(27)15-21-7-6-20(29)14-31-21)12-17(13-23(24)30)25(33)16-8-10-38(35,36)11-9-16/h3-8,13-15,17,35H,9-12,16H2,1-2H3;2-7,12-14,16H,8-11,15H2,1H3/t27?,28-;27-/m11/s1. The lowest BCUT2D eigenvalue weighted by Crippen LogP contribution is -2.46. The molecule has 1 N–H and O–H groups in total. The second-order valence-corrected chi connectivity index (χ2v) is 25.9. The van der Waals surface area contributed by atoms with Crippen LogP contribution in [0.5, 0.6) is 0 Å². The van der Waals surface area contributed by atoms with E-state index in [4.69, 9.17) is 55.9 Å². The van der Waals surface area contributed by atoms with E-state index in [9.17, 15) is 36.3 Å². The zero-order valence-corrected chi connectivity index (χ0v) is 46.3. The first-order valence-electron chi connectivity index (χ1n) is 24.3. The number of pyridine rings is 2. The summed E-state index contributed by atoms with van der Waals surface area (Å²) in [7, 11) is -3.57. The molecule has 2 aromatic heterocycles. The molecule has 4 aromatic carbocycles. The van der Waals surface area contributed by atoms with Crippen LogP contribution in [0.25, 0.3) is 0 Å². The number of rotatable bonds is 12. The van der Waals surface area contributed by atoms with Crippen LogP contribution in [0, 0.1) is 23.5 Å². The molecular formula is C55H50Cl4F2N4O10S2. The van der Waals surface area contributed by atoms with Gasteiger partial charge >= 0.3 is 0 Å². The molecule has 10 rings (SSSR count). The van der Waals surface area contributed by atoms with E-state index in [0.29, 0.717) is 42.6 Å². The lowest BCUT2D eigenvalue weighted by molar-refractivity contribution is -0.0888. The number of benzene rings is 4. The van der Waals surface area contributed by atoms with E-state index in [0.717, 1.165) is 6.07 Å². The molecule has 2 fully saturated rings. The number of carbonyl (C=O) groups is 3. The van der Waals surface area contributed by atoms with Crippen LogP contribution in [0.1, 0.15) is 103 Å². The van der Waals surface area contributed by atoms with Crippen molar-refractivity contribution in [1.29, 1.82) is 0 Å². The van der Waals surface area contributed by atoms with Crippen LogP contribution < -0.4 is 0 Å². The molecule has 6 aromatic rings. The summed E-state index contributed by atoms with van der Waals surface area (Å²) in [4.78, 5) is 52.5. The number of amides is 2. The van der Waals surface area contributed by atoms with Gasteiger partial charge in [0.25, 0.3) is 11.8 Å². The number of carbonyl (C=O) groups excluding carboxylic acids is 3. The normalized spacial score (nSPS) is 21.7. The quantitative estimate of drug-likeness (QED) is 0.114. The summed E-state index contributed by atoms with van der Waals surface area (Å²) in [6, 6.07) is 24.9. The number of aromatic nitrogens is 2. The summed E-state index contributed by atoms with van der Waals surface area (Å²) in [6.07, 6.45) is 3.71. The van der Waals surface area contributed by atoms with Gasteiger partial charge in [0.1, 0.15) is 31.3 Å². The first-order chi connectivity index (χ1) is 36.4. The van der Waals surface area contributed by atoms with E-state index in [-0.39, 0.29) is 101 Å². The third-order valence-corrected chi connectivity index (χ3v) is 19.4. The zero-order chi connectivity index (χ0) is 55.4. The molecule has 0 aliphatic carbocycles. The Morgan fingerprint density at radius 1 is 0.636 bits per heavy atom. The molecule has 14 nitrogen and oxygen atoms in total. The van der Waals surface area contributed by atoms with E-state index in [1.165, 1.54) is 61.5 Å². The number of ketones is 1. The van der Waals surface area contributed by atoms with E-state index in [2.05, 4.69) is 9.97 Å². The van der Waals surface area contributed by atoms with Gasteiger partial charge in [-0.15, -0.1) is 0 Å². The van der Waals surface area contributed by atoms with Crippen LogP contribution in [-0.4, -0.2) is 96.5 Å². The summed E-state index contributed by atoms with van der Waals surface area (Å²) in [5.41, 5.74) is -2.70. The Morgan fingerprint density at radius 2 is 1.04 bits per heavy atom. The lowest BCUT2D eigenvalue weighted by Gasteiger charge is -2.38. The first-order valence-corrected chi connectivity index (χ1v) is 29.4. The number of aliphatic hydroxyl groups is 1. The molecule has 77 heavy (non-hydrogen) atoms. The lowest BCUT2D eigenvalue weighted by atomic mass is 9.78. The van der Waals surface area contributed by atoms with Crippen LogP contribution in [-0.2, 0) is 59.3 Å². The molecule has 6 heterocycles. The Hall–Kier alpha value is -5.41. The number of methoxy groups -OCH3 is 2. The fraction of sp³-hybridized carbons (Fsp3) is 0.327. The van der Waals surface area contributed by atoms with Crippen molar-refractivity contribution in [2.75, 3.05) is 37.2 Å². The smallest absolute Gasteiger partial charge is 0.257 e. The Bertz CT molecular complexity index is 3500. The van der Waals surface area contributed by atoms with E-state index in [1.54, 1.807) is 72.8 Å². The maximum absolute atomic E-state index is 16.2. The van der Waals surface area contributed by atoms with Gasteiger partial charge in [0.05, 0.1) is 85.4 Å². The molecule has 4 aliphatic heterocycles. The average molecular weight is 1170 g/mol. The third-order valence-electron chi connectivity index (χ3n) is 15.0. The zero-order valence-electron chi connectivity index (χ0n) is 41.6. The summed E-state index contributed by atoms with van der Waals surface area (Å²) >= 11 is 24.2. The minimum atomic E-state index is -3.18. The molecule has 2 saturated heterocycles. The number of nitrogens with zero attached hydrogens (tertiary/aromatic N) is 4. The minimum Gasteiger partial charge on any atom is -0.385 e. The van der Waals surface area contributed by atoms with Crippen LogP contribution >= 0.6 is 46.4 Å². The topological polar surface area (TPSA) is 190 Å². The highest BCUT2D eigenvalue weighted by molar-refractivity contribution is 7.91. The number of ether oxygens (including phenoxy) is 2. The SMILES string of the molecule is CO[C@]1(c2ccc(Cl)cc2)c2c(F)cc(C(=O)C3CCS(=O)(=O)CC3)cc2C(=O)N1Cc1ccc(Cl)cn1.CO[C@]1(c2ccc(Cl)cc2)c2c(F)cc(C(C)(O)C3CCS(=O)(=O)CC3)cc2C(=O)N1Cc1ccc(Cl)cn1. The highest BCUT2D eigenvalue weighted by atomic mass is 35.5. The van der Waals surface area contributed by atoms with Gasteiger partial charge in [-0.25, -0.2) is 25.6 Å². The van der Waals surface area contributed by atoms with Gasteiger partial charge in [-0.1, -0.05) is 70.7 Å². The number of fused-ring (bicyclic) bond motifs is 2. The van der Waals surface area contributed by atoms with Crippen LogP contribution in [0.3, 0.4) is 0 Å². The predicted octanol–water partition coefficient (Wildman–Crippen LogP) is 10.1. The van der Waals surface area contributed by atoms with Gasteiger partial charge in [-0.3, -0.25) is 34.2 Å². The maximum Gasteiger partial charge on any atom is 0.257 e. The van der Waals surface area contributed by atoms with Crippen molar-refractivity contribution in [3.8, 4) is 0 Å². The highest BCUT2D eigenvalue weighted by Gasteiger charge is 2.56. The molecule has 0 spiro atoms. The van der Waals surface area contributed by atoms with Gasteiger partial charge in [0.2, 0.25) is 0 Å². The van der Waals surface area contributed by atoms with Gasteiger partial charge in [0, 0.05) is 59.3 Å². The number of halogens is 6. The summed E-state index contributed by atoms with van der Waals surface area (Å²) in [6.45, 7) is 1.48. The van der Waals surface area contributed by atoms with Crippen LogP contribution in [0.2, 0.25) is 20.1 Å². The number of sulfone groups is 2. The third kappa shape index (κ3) is 10.6. The first kappa shape index (κ1) is 56.3. The maximum atomic E-state index is 16.2. The molecule has 404 valence electrons. The molecular weight excluding hydrogens is 1120 g/mol. The molecule has 0 bridgehead atoms. The van der Waals surface area contributed by atoms with Crippen molar-refractivity contribution in [1.82, 2.24) is 19.8 Å². The van der Waals surface area contributed by atoms with Gasteiger partial charge in [0.15, 0.2) is 17.2 Å². The monoisotopic (exact) mass is 1170 g/mol.